The first kappa shape index (κ1) is 20.2. The Morgan fingerprint density at radius 1 is 0.963 bits per heavy atom. The third-order valence-electron chi connectivity index (χ3n) is 6.17. The molecule has 2 atom stereocenters. The van der Waals surface area contributed by atoms with Gasteiger partial charge in [0.1, 0.15) is 0 Å². The number of fused-ring (bicyclic) bond motifs is 2. The van der Waals surface area contributed by atoms with Crippen LogP contribution in [0.3, 0.4) is 0 Å². The van der Waals surface area contributed by atoms with Crippen molar-refractivity contribution in [2.45, 2.75) is 75.9 Å². The van der Waals surface area contributed by atoms with Crippen LogP contribution in [0.25, 0.3) is 0 Å². The number of hydrogen-bond acceptors (Lipinski definition) is 3. The molecule has 0 aromatic heterocycles. The number of benzene rings is 1. The predicted molar refractivity (Wildman–Crippen MR) is 109 cm³/mol. The van der Waals surface area contributed by atoms with Crippen molar-refractivity contribution in [3.8, 4) is 0 Å². The molecule has 3 N–H and O–H groups in total. The van der Waals surface area contributed by atoms with Gasteiger partial charge in [-0.1, -0.05) is 12.8 Å². The van der Waals surface area contributed by atoms with Crippen molar-refractivity contribution < 1.29 is 9.59 Å². The second-order valence-corrected chi connectivity index (χ2v) is 8.26. The van der Waals surface area contributed by atoms with Crippen LogP contribution in [0.15, 0.2) is 24.3 Å². The van der Waals surface area contributed by atoms with Crippen LogP contribution < -0.4 is 16.0 Å². The van der Waals surface area contributed by atoms with Gasteiger partial charge in [-0.2, -0.15) is 0 Å². The van der Waals surface area contributed by atoms with Gasteiger partial charge in [-0.3, -0.25) is 9.59 Å². The van der Waals surface area contributed by atoms with Crippen molar-refractivity contribution in [2.24, 2.45) is 5.92 Å². The van der Waals surface area contributed by atoms with Crippen molar-refractivity contribution in [1.82, 2.24) is 10.6 Å². The van der Waals surface area contributed by atoms with Gasteiger partial charge in [0.25, 0.3) is 5.91 Å². The van der Waals surface area contributed by atoms with Gasteiger partial charge in [0.15, 0.2) is 0 Å². The Morgan fingerprint density at radius 3 is 2.22 bits per heavy atom. The smallest absolute Gasteiger partial charge is 0.251 e. The Balaban J connectivity index is 0.00000210. The van der Waals surface area contributed by atoms with Crippen molar-refractivity contribution in [1.29, 1.82) is 0 Å². The second-order valence-electron chi connectivity index (χ2n) is 8.26. The van der Waals surface area contributed by atoms with Gasteiger partial charge < -0.3 is 16.0 Å². The fourth-order valence-corrected chi connectivity index (χ4v) is 4.86. The predicted octanol–water partition coefficient (Wildman–Crippen LogP) is 3.64. The van der Waals surface area contributed by atoms with Crippen LogP contribution in [0, 0.1) is 5.92 Å². The number of hydrogen-bond donors (Lipinski definition) is 3. The molecule has 2 saturated heterocycles. The summed E-state index contributed by atoms with van der Waals surface area (Å²) in [6.07, 6.45) is 9.91. The highest BCUT2D eigenvalue weighted by molar-refractivity contribution is 5.96. The molecule has 2 bridgehead atoms. The number of amides is 2. The lowest BCUT2D eigenvalue weighted by molar-refractivity contribution is -0.117. The third-order valence-corrected chi connectivity index (χ3v) is 6.17. The van der Waals surface area contributed by atoms with Crippen molar-refractivity contribution >= 4 is 29.9 Å². The summed E-state index contributed by atoms with van der Waals surface area (Å²) in [6.45, 7) is 0. The molecule has 6 heteroatoms. The normalized spacial score (nSPS) is 27.0. The Hall–Kier alpha value is -1.59. The van der Waals surface area contributed by atoms with E-state index in [0.29, 0.717) is 36.0 Å². The topological polar surface area (TPSA) is 70.2 Å². The number of anilines is 1. The van der Waals surface area contributed by atoms with E-state index in [1.807, 2.05) is 12.1 Å². The van der Waals surface area contributed by atoms with Crippen LogP contribution >= 0.6 is 12.4 Å². The van der Waals surface area contributed by atoms with E-state index < -0.39 is 0 Å². The van der Waals surface area contributed by atoms with Crippen molar-refractivity contribution in [3.05, 3.63) is 29.8 Å². The minimum atomic E-state index is -0.0139. The molecule has 1 aromatic carbocycles. The van der Waals surface area contributed by atoms with Crippen LogP contribution in [0.5, 0.6) is 0 Å². The van der Waals surface area contributed by atoms with Crippen molar-refractivity contribution in [2.75, 3.05) is 5.32 Å². The van der Waals surface area contributed by atoms with E-state index in [4.69, 9.17) is 0 Å². The molecule has 3 aliphatic rings. The Labute approximate surface area is 167 Å². The number of halogens is 1. The largest absolute Gasteiger partial charge is 0.349 e. The number of carbonyl (C=O) groups is 2. The fraction of sp³-hybridized carbons (Fsp3) is 0.619. The maximum Gasteiger partial charge on any atom is 0.251 e. The van der Waals surface area contributed by atoms with Gasteiger partial charge in [-0.05, 0) is 68.7 Å². The molecule has 0 spiro atoms. The fourth-order valence-electron chi connectivity index (χ4n) is 4.86. The Bertz CT molecular complexity index is 646. The van der Waals surface area contributed by atoms with Gasteiger partial charge in [0.2, 0.25) is 5.91 Å². The van der Waals surface area contributed by atoms with Crippen LogP contribution in [0.1, 0.15) is 68.1 Å². The van der Waals surface area contributed by atoms with E-state index in [1.165, 1.54) is 25.7 Å². The summed E-state index contributed by atoms with van der Waals surface area (Å²) >= 11 is 0. The van der Waals surface area contributed by atoms with E-state index in [9.17, 15) is 9.59 Å². The SMILES string of the molecule is Cl.O=C(CC1CC2CCC(C1)N2)Nc1ccc(C(=O)NC2CCCC2)cc1. The summed E-state index contributed by atoms with van der Waals surface area (Å²) in [5.41, 5.74) is 1.43. The summed E-state index contributed by atoms with van der Waals surface area (Å²) in [5.74, 6) is 0.560. The van der Waals surface area contributed by atoms with Crippen LogP contribution in [-0.2, 0) is 4.79 Å². The average molecular weight is 392 g/mol. The highest BCUT2D eigenvalue weighted by atomic mass is 35.5. The summed E-state index contributed by atoms with van der Waals surface area (Å²) in [7, 11) is 0. The van der Waals surface area contributed by atoms with Crippen LogP contribution in [0.4, 0.5) is 5.69 Å². The molecule has 3 fully saturated rings. The molecule has 2 unspecified atom stereocenters. The van der Waals surface area contributed by atoms with E-state index in [0.717, 1.165) is 31.4 Å². The number of rotatable bonds is 5. The summed E-state index contributed by atoms with van der Waals surface area (Å²) in [4.78, 5) is 24.6. The molecule has 1 aliphatic carbocycles. The number of carbonyl (C=O) groups excluding carboxylic acids is 2. The molecule has 5 nitrogen and oxygen atoms in total. The van der Waals surface area contributed by atoms with E-state index in [1.54, 1.807) is 12.1 Å². The number of nitrogens with one attached hydrogen (secondary N) is 3. The molecule has 2 aliphatic heterocycles. The molecule has 2 heterocycles. The zero-order valence-corrected chi connectivity index (χ0v) is 16.5. The molecule has 1 saturated carbocycles. The lowest BCUT2D eigenvalue weighted by Gasteiger charge is -2.28. The highest BCUT2D eigenvalue weighted by Gasteiger charge is 2.34. The zero-order valence-electron chi connectivity index (χ0n) is 15.7. The third kappa shape index (κ3) is 5.23. The highest BCUT2D eigenvalue weighted by Crippen LogP contribution is 2.32. The van der Waals surface area contributed by atoms with E-state index in [2.05, 4.69) is 16.0 Å². The first-order chi connectivity index (χ1) is 12.7. The Morgan fingerprint density at radius 2 is 1.59 bits per heavy atom. The summed E-state index contributed by atoms with van der Waals surface area (Å²) in [5, 5.41) is 9.70. The van der Waals surface area contributed by atoms with E-state index in [-0.39, 0.29) is 24.2 Å². The maximum atomic E-state index is 12.4. The molecular weight excluding hydrogens is 362 g/mol. The van der Waals surface area contributed by atoms with Gasteiger partial charge >= 0.3 is 0 Å². The molecular formula is C21H30ClN3O2. The minimum Gasteiger partial charge on any atom is -0.349 e. The maximum absolute atomic E-state index is 12.4. The molecule has 1 aromatic rings. The molecule has 4 rings (SSSR count). The van der Waals surface area contributed by atoms with Crippen molar-refractivity contribution in [3.63, 3.8) is 0 Å². The van der Waals surface area contributed by atoms with Gasteiger partial charge in [0.05, 0.1) is 0 Å². The first-order valence-corrected chi connectivity index (χ1v) is 10.1. The quantitative estimate of drug-likeness (QED) is 0.717. The summed E-state index contributed by atoms with van der Waals surface area (Å²) in [6, 6.07) is 8.80. The van der Waals surface area contributed by atoms with Crippen LogP contribution in [0.2, 0.25) is 0 Å². The van der Waals surface area contributed by atoms with Gasteiger partial charge in [0, 0.05) is 35.8 Å². The molecule has 2 amide bonds. The second kappa shape index (κ2) is 9.07. The molecule has 148 valence electrons. The average Bonchev–Trinajstić information content (AvgIpc) is 3.25. The lowest BCUT2D eigenvalue weighted by Crippen LogP contribution is -2.39. The monoisotopic (exact) mass is 391 g/mol. The van der Waals surface area contributed by atoms with Gasteiger partial charge in [-0.25, -0.2) is 0 Å². The van der Waals surface area contributed by atoms with E-state index >= 15 is 0 Å². The Kier molecular flexibility index (Phi) is 6.77. The standard InChI is InChI=1S/C21H29N3O2.ClH/c25-20(13-14-11-18-9-10-19(12-14)22-18)23-17-7-5-15(6-8-17)21(26)24-16-3-1-2-4-16;/h5-8,14,16,18-19,22H,1-4,9-13H2,(H,23,25)(H,24,26);1H. The number of piperidine rings is 1. The molecule has 0 radical (unpaired) electrons. The molecule has 27 heavy (non-hydrogen) atoms. The first-order valence-electron chi connectivity index (χ1n) is 10.1. The summed E-state index contributed by atoms with van der Waals surface area (Å²) < 4.78 is 0. The van der Waals surface area contributed by atoms with Gasteiger partial charge in [-0.15, -0.1) is 12.4 Å². The minimum absolute atomic E-state index is 0. The lowest BCUT2D eigenvalue weighted by atomic mass is 9.89. The van der Waals surface area contributed by atoms with Crippen LogP contribution in [-0.4, -0.2) is 29.9 Å². The zero-order chi connectivity index (χ0) is 17.9.